The molecule has 0 unspecified atom stereocenters. The first kappa shape index (κ1) is 50.7. The quantitative estimate of drug-likeness (QED) is 0.0899. The van der Waals surface area contributed by atoms with Crippen molar-refractivity contribution in [3.63, 3.8) is 0 Å². The topological polar surface area (TPSA) is 191 Å². The Labute approximate surface area is 233 Å². The van der Waals surface area contributed by atoms with Crippen LogP contribution in [0.15, 0.2) is 0 Å². The van der Waals surface area contributed by atoms with Crippen molar-refractivity contribution in [3.05, 3.63) is 0 Å². The minimum atomic E-state index is 0. The molecule has 0 aliphatic rings. The number of nitrogens with two attached hydrogens (primary N) is 6. The maximum atomic E-state index is 4.66. The smallest absolute Gasteiger partial charge is 0.873 e. The van der Waals surface area contributed by atoms with Crippen LogP contribution < -0.4 is 34.4 Å². The molecule has 0 spiro atoms. The van der Waals surface area contributed by atoms with E-state index in [0.29, 0.717) is 0 Å². The third-order valence-corrected chi connectivity index (χ3v) is 0. The molecular formula is C6H16MoN6OS12. The standard InChI is InChI=1S/6CH3NS2.Mo.H4O/c6*2-1(3)4;;/h6*(H3,2,3,4);;1H4/q;;;;;;+4;+2/p-6. The Morgan fingerprint density at radius 2 is 0.385 bits per heavy atom. The van der Waals surface area contributed by atoms with E-state index in [1.165, 1.54) is 0 Å². The minimum Gasteiger partial charge on any atom is -0.873 e. The molecule has 0 radical (unpaired) electrons. The van der Waals surface area contributed by atoms with Gasteiger partial charge in [0.15, 0.2) is 0 Å². The molecule has 0 aliphatic carbocycles. The van der Waals surface area contributed by atoms with Crippen LogP contribution in [0.1, 0.15) is 0 Å². The molecule has 0 fully saturated rings. The Hall–Kier alpha value is 1.31. The second-order valence-electron chi connectivity index (χ2n) is 1.91. The molecule has 0 aromatic heterocycles. The van der Waals surface area contributed by atoms with Crippen LogP contribution in [0.25, 0.3) is 0 Å². The summed E-state index contributed by atoms with van der Waals surface area (Å²) in [5.41, 5.74) is 27.9. The van der Waals surface area contributed by atoms with Crippen molar-refractivity contribution in [1.82, 2.24) is 0 Å². The Morgan fingerprint density at radius 1 is 0.385 bits per heavy atom. The third-order valence-electron chi connectivity index (χ3n) is 0. The van der Waals surface area contributed by atoms with Crippen LogP contribution in [0.4, 0.5) is 0 Å². The average Bonchev–Trinajstić information content (AvgIpc) is 2.08. The molecule has 0 aromatic rings. The van der Waals surface area contributed by atoms with Gasteiger partial charge in [0, 0.05) is 0 Å². The van der Waals surface area contributed by atoms with E-state index < -0.39 is 0 Å². The molecule has 154 valence electrons. The molecule has 0 amide bonds. The van der Waals surface area contributed by atoms with Gasteiger partial charge in [0.2, 0.25) is 0 Å². The molecule has 16 N–H and O–H groups in total. The molecule has 0 heterocycles. The molecular weight excluding hydrogens is 653 g/mol. The summed E-state index contributed by atoms with van der Waals surface area (Å²) < 4.78 is 0.500. The SMILES string of the molecule is NC(=S)[S-].NC(=S)[S-].NC(=S)[S-].NC(=S)[S-].NC(=S)[S-].NC(=S)[S-].[Mo+4].[OH4+2]. The monoisotopic (exact) mass is 670 g/mol. The number of thiocarbonyl (C=S) groups is 6. The predicted molar refractivity (Wildman–Crippen MR) is 151 cm³/mol. The first-order chi connectivity index (χ1) is 10.4. The molecule has 0 saturated heterocycles. The Morgan fingerprint density at radius 3 is 0.385 bits per heavy atom. The predicted octanol–water partition coefficient (Wildman–Crippen LogP) is -2.53. The van der Waals surface area contributed by atoms with Crippen molar-refractivity contribution in [2.45, 2.75) is 0 Å². The van der Waals surface area contributed by atoms with Crippen molar-refractivity contribution >= 4 is 175 Å². The summed E-state index contributed by atoms with van der Waals surface area (Å²) in [5, 5.41) is 0. The van der Waals surface area contributed by atoms with Crippen molar-refractivity contribution in [3.8, 4) is 0 Å². The van der Waals surface area contributed by atoms with E-state index in [-0.39, 0.29) is 52.5 Å². The van der Waals surface area contributed by atoms with Crippen molar-refractivity contribution < 1.29 is 26.5 Å². The zero-order valence-electron chi connectivity index (χ0n) is 12.5. The fourth-order valence-corrected chi connectivity index (χ4v) is 0. The molecule has 0 bridgehead atoms. The van der Waals surface area contributed by atoms with Crippen molar-refractivity contribution in [2.24, 2.45) is 34.4 Å². The van der Waals surface area contributed by atoms with Crippen molar-refractivity contribution in [1.29, 1.82) is 0 Å². The van der Waals surface area contributed by atoms with Gasteiger partial charge in [0.1, 0.15) is 0 Å². The second-order valence-corrected chi connectivity index (χ2v) is 8.74. The Balaban J connectivity index is -0.0000000245. The maximum Gasteiger partial charge on any atom is 4.00 e. The van der Waals surface area contributed by atoms with Gasteiger partial charge in [0.05, 0.1) is 0 Å². The Kier molecular flexibility index (Phi) is 88.1. The van der Waals surface area contributed by atoms with Gasteiger partial charge in [-0.15, -0.1) is 0 Å². The van der Waals surface area contributed by atoms with Gasteiger partial charge in [-0.1, -0.05) is 25.9 Å². The summed E-state index contributed by atoms with van der Waals surface area (Å²) >= 11 is 49.6. The fraction of sp³-hybridized carbons (Fsp3) is 0. The first-order valence-corrected chi connectivity index (χ1v) is 9.08. The molecule has 26 heavy (non-hydrogen) atoms. The molecule has 0 rings (SSSR count). The summed E-state index contributed by atoms with van der Waals surface area (Å²) in [7, 11) is 0. The Bertz CT molecular complexity index is 279. The number of rotatable bonds is 0. The van der Waals surface area contributed by atoms with E-state index in [2.05, 4.69) is 183 Å². The van der Waals surface area contributed by atoms with Gasteiger partial charge >= 0.3 is 21.1 Å². The summed E-state index contributed by atoms with van der Waals surface area (Å²) in [4.78, 5) is 0. The van der Waals surface area contributed by atoms with Crippen LogP contribution in [0.3, 0.4) is 0 Å². The number of hydrogen-bond donors (Lipinski definition) is 6. The molecule has 7 nitrogen and oxygen atoms in total. The maximum absolute atomic E-state index is 4.66. The molecule has 0 aliphatic heterocycles. The zero-order valence-corrected chi connectivity index (χ0v) is 24.3. The van der Waals surface area contributed by atoms with E-state index in [1.54, 1.807) is 0 Å². The largest absolute Gasteiger partial charge is 4.00 e. The molecule has 0 atom stereocenters. The summed E-state index contributed by atoms with van der Waals surface area (Å²) in [5.74, 6) is 0. The third kappa shape index (κ3) is 8740. The van der Waals surface area contributed by atoms with Crippen LogP contribution in [-0.4, -0.2) is 25.9 Å². The van der Waals surface area contributed by atoms with E-state index in [4.69, 9.17) is 0 Å². The summed E-state index contributed by atoms with van der Waals surface area (Å²) in [6, 6.07) is 0. The van der Waals surface area contributed by atoms with Crippen LogP contribution in [0.2, 0.25) is 0 Å². The molecule has 0 aromatic carbocycles. The van der Waals surface area contributed by atoms with E-state index in [9.17, 15) is 0 Å². The van der Waals surface area contributed by atoms with E-state index in [0.717, 1.165) is 0 Å². The number of hydrogen-bond acceptors (Lipinski definition) is 12. The van der Waals surface area contributed by atoms with Crippen LogP contribution >= 0.6 is 73.3 Å². The zero-order chi connectivity index (χ0) is 21.5. The van der Waals surface area contributed by atoms with Gasteiger partial charge in [0.25, 0.3) is 0 Å². The van der Waals surface area contributed by atoms with Gasteiger partial charge in [-0.2, -0.15) is 0 Å². The molecule has 0 saturated carbocycles. The summed E-state index contributed by atoms with van der Waals surface area (Å²) in [6.45, 7) is 0. The van der Waals surface area contributed by atoms with Gasteiger partial charge in [-0.25, -0.2) is 0 Å². The molecule has 20 heteroatoms. The normalized spacial score (nSPS) is 5.54. The minimum absolute atomic E-state index is 0. The van der Waals surface area contributed by atoms with Gasteiger partial charge in [-0.05, 0) is 0 Å². The average molecular weight is 669 g/mol. The van der Waals surface area contributed by atoms with E-state index >= 15 is 0 Å². The van der Waals surface area contributed by atoms with Crippen LogP contribution in [0, 0.1) is 0 Å². The fourth-order valence-electron chi connectivity index (χ4n) is 0. The van der Waals surface area contributed by atoms with Gasteiger partial charge in [-0.3, -0.25) is 0 Å². The van der Waals surface area contributed by atoms with Gasteiger partial charge < -0.3 is 189 Å². The van der Waals surface area contributed by atoms with Crippen LogP contribution in [0.5, 0.6) is 0 Å². The first-order valence-electron chi connectivity index (χ1n) is 4.18. The van der Waals surface area contributed by atoms with Crippen LogP contribution in [-0.2, 0) is 102 Å². The summed E-state index contributed by atoms with van der Waals surface area (Å²) in [6.07, 6.45) is 0. The second kappa shape index (κ2) is 45.2. The van der Waals surface area contributed by atoms with Crippen molar-refractivity contribution in [2.75, 3.05) is 0 Å². The van der Waals surface area contributed by atoms with E-state index in [1.807, 2.05) is 0 Å².